The van der Waals surface area contributed by atoms with Gasteiger partial charge in [0.2, 0.25) is 0 Å². The Hall–Kier alpha value is -1.94. The Morgan fingerprint density at radius 3 is 2.50 bits per heavy atom. The molecule has 0 saturated heterocycles. The van der Waals surface area contributed by atoms with Gasteiger partial charge >= 0.3 is 0 Å². The lowest BCUT2D eigenvalue weighted by atomic mass is 10.1. The molecule has 2 aromatic carbocycles. The monoisotopic (exact) mass is 313 g/mol. The molecule has 0 radical (unpaired) electrons. The number of rotatable bonds is 7. The highest BCUT2D eigenvalue weighted by Gasteiger charge is 2.11. The van der Waals surface area contributed by atoms with E-state index in [1.54, 1.807) is 0 Å². The first-order valence-electron chi connectivity index (χ1n) is 7.61. The average molecular weight is 313 g/mol. The van der Waals surface area contributed by atoms with Gasteiger partial charge in [-0.2, -0.15) is 0 Å². The van der Waals surface area contributed by atoms with Gasteiger partial charge in [-0.1, -0.05) is 48.9 Å². The van der Waals surface area contributed by atoms with Crippen LogP contribution >= 0.6 is 0 Å². The van der Waals surface area contributed by atoms with Crippen LogP contribution in [-0.4, -0.2) is 14.9 Å². The maximum absolute atomic E-state index is 12.2. The summed E-state index contributed by atoms with van der Waals surface area (Å²) in [6.07, 6.45) is 4.20. The molecule has 0 N–H and O–H groups in total. The van der Waals surface area contributed by atoms with Gasteiger partial charge in [0.1, 0.15) is 16.3 Å². The quantitative estimate of drug-likeness (QED) is 0.609. The van der Waals surface area contributed by atoms with Crippen molar-refractivity contribution in [3.8, 4) is 0 Å². The molecule has 22 heavy (non-hydrogen) atoms. The van der Waals surface area contributed by atoms with E-state index < -0.39 is 10.8 Å². The molecule has 3 nitrogen and oxygen atoms in total. The first-order valence-corrected chi connectivity index (χ1v) is 8.93. The van der Waals surface area contributed by atoms with Gasteiger partial charge in [0.05, 0.1) is 0 Å². The smallest absolute Gasteiger partial charge is 0.287 e. The van der Waals surface area contributed by atoms with E-state index in [1.165, 1.54) is 5.56 Å². The van der Waals surface area contributed by atoms with Gasteiger partial charge in [0, 0.05) is 5.75 Å². The van der Waals surface area contributed by atoms with Gasteiger partial charge in [-0.3, -0.25) is 0 Å². The third kappa shape index (κ3) is 3.83. The summed E-state index contributed by atoms with van der Waals surface area (Å²) in [4.78, 5) is 4.29. The predicted molar refractivity (Wildman–Crippen MR) is 89.3 cm³/mol. The Balaban J connectivity index is 1.44. The third-order valence-corrected chi connectivity index (χ3v) is 4.83. The molecule has 0 saturated carbocycles. The number of para-hydroxylation sites is 2. The van der Waals surface area contributed by atoms with Crippen molar-refractivity contribution in [3.63, 3.8) is 0 Å². The molecule has 1 unspecified atom stereocenters. The molecule has 4 heteroatoms. The molecule has 1 heterocycles. The van der Waals surface area contributed by atoms with Crippen LogP contribution in [0.2, 0.25) is 0 Å². The number of aryl methyl sites for hydroxylation is 1. The van der Waals surface area contributed by atoms with Crippen LogP contribution in [-0.2, 0) is 17.2 Å². The van der Waals surface area contributed by atoms with Gasteiger partial charge in [-0.15, -0.1) is 0 Å². The van der Waals surface area contributed by atoms with Crippen LogP contribution < -0.4 is 0 Å². The van der Waals surface area contributed by atoms with Crippen LogP contribution in [0.25, 0.3) is 11.1 Å². The van der Waals surface area contributed by atoms with Crippen molar-refractivity contribution in [1.29, 1.82) is 0 Å². The summed E-state index contributed by atoms with van der Waals surface area (Å²) >= 11 is 0. The van der Waals surface area contributed by atoms with E-state index in [9.17, 15) is 4.21 Å². The highest BCUT2D eigenvalue weighted by Crippen LogP contribution is 2.18. The Kier molecular flexibility index (Phi) is 5.01. The van der Waals surface area contributed by atoms with Crippen LogP contribution in [0, 0.1) is 0 Å². The second kappa shape index (κ2) is 7.36. The van der Waals surface area contributed by atoms with Crippen molar-refractivity contribution in [3.05, 3.63) is 60.2 Å². The number of hydrogen-bond donors (Lipinski definition) is 0. The second-order valence-electron chi connectivity index (χ2n) is 5.29. The second-order valence-corrected chi connectivity index (χ2v) is 6.74. The lowest BCUT2D eigenvalue weighted by molar-refractivity contribution is 0.477. The SMILES string of the molecule is O=S(CCCCCc1ccccc1)c1nc2ccccc2o1. The number of aromatic nitrogens is 1. The summed E-state index contributed by atoms with van der Waals surface area (Å²) in [5.74, 6) is 0.613. The third-order valence-electron chi connectivity index (χ3n) is 3.61. The highest BCUT2D eigenvalue weighted by atomic mass is 32.2. The number of hydrogen-bond acceptors (Lipinski definition) is 3. The van der Waals surface area contributed by atoms with E-state index in [1.807, 2.05) is 30.3 Å². The van der Waals surface area contributed by atoms with Gasteiger partial charge in [0.25, 0.3) is 5.22 Å². The van der Waals surface area contributed by atoms with E-state index in [-0.39, 0.29) is 0 Å². The molecule has 1 atom stereocenters. The molecule has 3 rings (SSSR count). The summed E-state index contributed by atoms with van der Waals surface area (Å²) in [6.45, 7) is 0. The topological polar surface area (TPSA) is 43.1 Å². The number of nitrogens with zero attached hydrogens (tertiary/aromatic N) is 1. The van der Waals surface area contributed by atoms with Crippen molar-refractivity contribution < 1.29 is 8.63 Å². The van der Waals surface area contributed by atoms with Crippen molar-refractivity contribution in [1.82, 2.24) is 4.98 Å². The molecule has 114 valence electrons. The average Bonchev–Trinajstić information content (AvgIpc) is 2.99. The van der Waals surface area contributed by atoms with E-state index >= 15 is 0 Å². The van der Waals surface area contributed by atoms with Crippen LogP contribution in [0.4, 0.5) is 0 Å². The Morgan fingerprint density at radius 2 is 1.68 bits per heavy atom. The molecule has 3 aromatic rings. The zero-order valence-electron chi connectivity index (χ0n) is 12.4. The highest BCUT2D eigenvalue weighted by molar-refractivity contribution is 7.84. The molecule has 0 aliphatic heterocycles. The Morgan fingerprint density at radius 1 is 0.909 bits per heavy atom. The molecule has 0 spiro atoms. The molecular weight excluding hydrogens is 294 g/mol. The number of benzene rings is 2. The minimum Gasteiger partial charge on any atom is -0.430 e. The zero-order valence-corrected chi connectivity index (χ0v) is 13.2. The molecule has 0 aliphatic carbocycles. The molecule has 0 bridgehead atoms. The molecular formula is C18H19NO2S. The van der Waals surface area contributed by atoms with E-state index in [2.05, 4.69) is 29.2 Å². The summed E-state index contributed by atoms with van der Waals surface area (Å²) in [7, 11) is -1.14. The Labute approximate surface area is 132 Å². The largest absolute Gasteiger partial charge is 0.430 e. The zero-order chi connectivity index (χ0) is 15.2. The maximum atomic E-state index is 12.2. The number of unbranched alkanes of at least 4 members (excludes halogenated alkanes) is 2. The standard InChI is InChI=1S/C18H19NO2S/c20-22(18-19-16-12-6-7-13-17(16)21-18)14-8-2-5-11-15-9-3-1-4-10-15/h1,3-4,6-7,9-10,12-13H,2,5,8,11,14H2. The van der Waals surface area contributed by atoms with Crippen LogP contribution in [0.1, 0.15) is 24.8 Å². The first kappa shape index (κ1) is 15.0. The summed E-state index contributed by atoms with van der Waals surface area (Å²) in [5, 5.41) is 0.351. The van der Waals surface area contributed by atoms with Gasteiger partial charge < -0.3 is 4.42 Å². The lowest BCUT2D eigenvalue weighted by Crippen LogP contribution is -1.98. The minimum absolute atomic E-state index is 0.351. The van der Waals surface area contributed by atoms with E-state index in [0.717, 1.165) is 31.2 Å². The van der Waals surface area contributed by atoms with Crippen molar-refractivity contribution in [2.24, 2.45) is 0 Å². The van der Waals surface area contributed by atoms with E-state index in [4.69, 9.17) is 4.42 Å². The Bertz CT molecular complexity index is 719. The van der Waals surface area contributed by atoms with E-state index in [0.29, 0.717) is 16.6 Å². The molecule has 0 fully saturated rings. The first-order chi connectivity index (χ1) is 10.8. The van der Waals surface area contributed by atoms with Crippen molar-refractivity contribution in [2.45, 2.75) is 30.9 Å². The van der Waals surface area contributed by atoms with Gasteiger partial charge in [-0.05, 0) is 37.0 Å². The molecule has 1 aromatic heterocycles. The molecule has 0 amide bonds. The van der Waals surface area contributed by atoms with Crippen LogP contribution in [0.3, 0.4) is 0 Å². The maximum Gasteiger partial charge on any atom is 0.287 e. The summed E-state index contributed by atoms with van der Waals surface area (Å²) < 4.78 is 17.7. The van der Waals surface area contributed by atoms with Crippen LogP contribution in [0.15, 0.2) is 64.2 Å². The summed E-state index contributed by atoms with van der Waals surface area (Å²) in [6, 6.07) is 18.0. The fourth-order valence-corrected chi connectivity index (χ4v) is 3.44. The fraction of sp³-hybridized carbons (Fsp3) is 0.278. The van der Waals surface area contributed by atoms with Crippen molar-refractivity contribution in [2.75, 3.05) is 5.75 Å². The van der Waals surface area contributed by atoms with Gasteiger partial charge in [-0.25, -0.2) is 9.19 Å². The number of fused-ring (bicyclic) bond motifs is 1. The lowest BCUT2D eigenvalue weighted by Gasteiger charge is -2.01. The number of oxazole rings is 1. The molecule has 0 aliphatic rings. The fourth-order valence-electron chi connectivity index (χ4n) is 2.42. The normalized spacial score (nSPS) is 12.5. The van der Waals surface area contributed by atoms with Crippen molar-refractivity contribution >= 4 is 21.9 Å². The van der Waals surface area contributed by atoms with Crippen LogP contribution in [0.5, 0.6) is 0 Å². The predicted octanol–water partition coefficient (Wildman–Crippen LogP) is 4.35. The summed E-state index contributed by atoms with van der Waals surface area (Å²) in [5.41, 5.74) is 2.84. The van der Waals surface area contributed by atoms with Gasteiger partial charge in [0.15, 0.2) is 5.58 Å². The minimum atomic E-state index is -1.14.